The molecular formula is C9H4Cl2N2O3. The Morgan fingerprint density at radius 1 is 1.31 bits per heavy atom. The van der Waals surface area contributed by atoms with Gasteiger partial charge in [0.05, 0.1) is 10.0 Å². The van der Waals surface area contributed by atoms with Gasteiger partial charge in [-0.2, -0.15) is 0 Å². The number of halogens is 2. The monoisotopic (exact) mass is 258 g/mol. The van der Waals surface area contributed by atoms with Crippen LogP contribution in [-0.2, 0) is 0 Å². The van der Waals surface area contributed by atoms with E-state index in [-0.39, 0.29) is 21.3 Å². The molecule has 0 aliphatic carbocycles. The van der Waals surface area contributed by atoms with Crippen molar-refractivity contribution in [1.29, 1.82) is 0 Å². The molecule has 0 amide bonds. The van der Waals surface area contributed by atoms with Crippen LogP contribution in [0, 0.1) is 0 Å². The first kappa shape index (κ1) is 10.9. The van der Waals surface area contributed by atoms with Crippen LogP contribution < -0.4 is 0 Å². The first-order valence-electron chi connectivity index (χ1n) is 4.08. The maximum absolute atomic E-state index is 10.9. The van der Waals surface area contributed by atoms with E-state index in [1.165, 1.54) is 12.4 Å². The van der Waals surface area contributed by atoms with Gasteiger partial charge in [0.1, 0.15) is 17.5 Å². The third-order valence-corrected chi connectivity index (χ3v) is 2.46. The number of aromatic nitrogens is 2. The molecule has 1 N–H and O–H groups in total. The van der Waals surface area contributed by atoms with Crippen LogP contribution in [0.1, 0.15) is 10.4 Å². The van der Waals surface area contributed by atoms with E-state index in [0.717, 1.165) is 6.26 Å². The number of carboxylic acids is 1. The molecule has 0 radical (unpaired) electrons. The van der Waals surface area contributed by atoms with Crippen LogP contribution in [-0.4, -0.2) is 21.2 Å². The molecule has 0 saturated heterocycles. The van der Waals surface area contributed by atoms with Crippen molar-refractivity contribution < 1.29 is 14.4 Å². The van der Waals surface area contributed by atoms with Crippen molar-refractivity contribution in [2.75, 3.05) is 0 Å². The van der Waals surface area contributed by atoms with Gasteiger partial charge < -0.3 is 9.63 Å². The minimum Gasteiger partial charge on any atom is -0.477 e. The van der Waals surface area contributed by atoms with Crippen molar-refractivity contribution in [2.45, 2.75) is 0 Å². The Hall–Kier alpha value is -1.59. The van der Waals surface area contributed by atoms with E-state index in [0.29, 0.717) is 5.56 Å². The highest BCUT2D eigenvalue weighted by atomic mass is 35.5. The third kappa shape index (κ3) is 1.75. The molecule has 2 heterocycles. The average Bonchev–Trinajstić information content (AvgIpc) is 2.66. The van der Waals surface area contributed by atoms with E-state index in [2.05, 4.69) is 14.7 Å². The van der Waals surface area contributed by atoms with E-state index in [9.17, 15) is 4.79 Å². The Bertz CT molecular complexity index is 533. The Morgan fingerprint density at radius 2 is 1.94 bits per heavy atom. The normalized spacial score (nSPS) is 10.4. The number of pyridine rings is 1. The lowest BCUT2D eigenvalue weighted by atomic mass is 10.1. The molecule has 0 aromatic carbocycles. The lowest BCUT2D eigenvalue weighted by Gasteiger charge is -2.02. The highest BCUT2D eigenvalue weighted by Crippen LogP contribution is 2.34. The van der Waals surface area contributed by atoms with Gasteiger partial charge in [0.15, 0.2) is 0 Å². The van der Waals surface area contributed by atoms with Crippen LogP contribution in [0.25, 0.3) is 11.3 Å². The number of aromatic carboxylic acids is 1. The molecule has 2 aromatic rings. The summed E-state index contributed by atoms with van der Waals surface area (Å²) in [6.45, 7) is 0. The molecule has 0 atom stereocenters. The topological polar surface area (TPSA) is 76.2 Å². The summed E-state index contributed by atoms with van der Waals surface area (Å²) in [5, 5.41) is 12.9. The molecule has 5 nitrogen and oxygen atoms in total. The standard InChI is InChI=1S/C9H4Cl2N2O3/c10-5-1-12-2-6(11)7(5)8-4(9(14)15)3-16-13-8/h1-3H,(H,14,15). The highest BCUT2D eigenvalue weighted by Gasteiger charge is 2.21. The molecule has 7 heteroatoms. The molecular weight excluding hydrogens is 255 g/mol. The first-order valence-corrected chi connectivity index (χ1v) is 4.84. The lowest BCUT2D eigenvalue weighted by Crippen LogP contribution is -1.97. The minimum absolute atomic E-state index is 0.0879. The minimum atomic E-state index is -1.17. The molecule has 0 spiro atoms. The van der Waals surface area contributed by atoms with Crippen molar-refractivity contribution in [3.63, 3.8) is 0 Å². The molecule has 2 aromatic heterocycles. The molecule has 0 bridgehead atoms. The predicted octanol–water partition coefficient (Wildman–Crippen LogP) is 2.74. The van der Waals surface area contributed by atoms with E-state index in [1.807, 2.05) is 0 Å². The van der Waals surface area contributed by atoms with Crippen molar-refractivity contribution in [2.24, 2.45) is 0 Å². The van der Waals surface area contributed by atoms with Crippen LogP contribution in [0.15, 0.2) is 23.2 Å². The van der Waals surface area contributed by atoms with Crippen LogP contribution >= 0.6 is 23.2 Å². The number of nitrogens with zero attached hydrogens (tertiary/aromatic N) is 2. The number of carboxylic acid groups (broad SMARTS) is 1. The van der Waals surface area contributed by atoms with Gasteiger partial charge in [0.25, 0.3) is 0 Å². The van der Waals surface area contributed by atoms with Gasteiger partial charge in [-0.25, -0.2) is 4.79 Å². The smallest absolute Gasteiger partial charge is 0.341 e. The summed E-state index contributed by atoms with van der Waals surface area (Å²) < 4.78 is 4.60. The molecule has 0 fully saturated rings. The van der Waals surface area contributed by atoms with E-state index >= 15 is 0 Å². The van der Waals surface area contributed by atoms with Gasteiger partial charge in [-0.15, -0.1) is 0 Å². The summed E-state index contributed by atoms with van der Waals surface area (Å²) in [6.07, 6.45) is 3.72. The lowest BCUT2D eigenvalue weighted by molar-refractivity contribution is 0.0697. The van der Waals surface area contributed by atoms with Gasteiger partial charge in [-0.3, -0.25) is 4.98 Å². The van der Waals surface area contributed by atoms with E-state index in [1.54, 1.807) is 0 Å². The maximum atomic E-state index is 10.9. The summed E-state index contributed by atoms with van der Waals surface area (Å²) in [5.74, 6) is -1.17. The Morgan fingerprint density at radius 3 is 2.50 bits per heavy atom. The van der Waals surface area contributed by atoms with Crippen molar-refractivity contribution in [1.82, 2.24) is 10.1 Å². The molecule has 82 valence electrons. The summed E-state index contributed by atoms with van der Waals surface area (Å²) in [4.78, 5) is 14.6. The Kier molecular flexibility index (Phi) is 2.80. The zero-order valence-corrected chi connectivity index (χ0v) is 9.16. The number of rotatable bonds is 2. The first-order chi connectivity index (χ1) is 7.61. The van der Waals surface area contributed by atoms with Crippen LogP contribution in [0.2, 0.25) is 10.0 Å². The molecule has 0 saturated carbocycles. The van der Waals surface area contributed by atoms with E-state index < -0.39 is 5.97 Å². The number of hydrogen-bond donors (Lipinski definition) is 1. The quantitative estimate of drug-likeness (QED) is 0.897. The summed E-state index contributed by atoms with van der Waals surface area (Å²) >= 11 is 11.8. The molecule has 0 aliphatic heterocycles. The van der Waals surface area contributed by atoms with Gasteiger partial charge in [-0.05, 0) is 0 Å². The van der Waals surface area contributed by atoms with Gasteiger partial charge >= 0.3 is 5.97 Å². The summed E-state index contributed by atoms with van der Waals surface area (Å²) in [6, 6.07) is 0. The largest absolute Gasteiger partial charge is 0.477 e. The fourth-order valence-electron chi connectivity index (χ4n) is 1.21. The van der Waals surface area contributed by atoms with E-state index in [4.69, 9.17) is 28.3 Å². The van der Waals surface area contributed by atoms with Crippen LogP contribution in [0.5, 0.6) is 0 Å². The van der Waals surface area contributed by atoms with Crippen LogP contribution in [0.4, 0.5) is 0 Å². The van der Waals surface area contributed by atoms with Crippen LogP contribution in [0.3, 0.4) is 0 Å². The maximum Gasteiger partial charge on any atom is 0.341 e. The third-order valence-electron chi connectivity index (χ3n) is 1.89. The predicted molar refractivity (Wildman–Crippen MR) is 56.7 cm³/mol. The van der Waals surface area contributed by atoms with Crippen molar-refractivity contribution in [3.8, 4) is 11.3 Å². The van der Waals surface area contributed by atoms with Crippen molar-refractivity contribution in [3.05, 3.63) is 34.3 Å². The van der Waals surface area contributed by atoms with Gasteiger partial charge in [0, 0.05) is 18.0 Å². The molecule has 16 heavy (non-hydrogen) atoms. The Balaban J connectivity index is 2.68. The molecule has 0 aliphatic rings. The number of hydrogen-bond acceptors (Lipinski definition) is 4. The van der Waals surface area contributed by atoms with Gasteiger partial charge in [-0.1, -0.05) is 28.4 Å². The second-order valence-corrected chi connectivity index (χ2v) is 3.67. The zero-order valence-electron chi connectivity index (χ0n) is 7.65. The molecule has 0 unspecified atom stereocenters. The van der Waals surface area contributed by atoms with Crippen molar-refractivity contribution >= 4 is 29.2 Å². The number of carbonyl (C=O) groups is 1. The highest BCUT2D eigenvalue weighted by molar-refractivity contribution is 6.39. The fraction of sp³-hybridized carbons (Fsp3) is 0. The SMILES string of the molecule is O=C(O)c1conc1-c1c(Cl)cncc1Cl. The fourth-order valence-corrected chi connectivity index (χ4v) is 1.75. The zero-order chi connectivity index (χ0) is 11.7. The second kappa shape index (κ2) is 4.11. The second-order valence-electron chi connectivity index (χ2n) is 2.86. The average molecular weight is 259 g/mol. The summed E-state index contributed by atoms with van der Waals surface area (Å²) in [5.41, 5.74) is 0.282. The summed E-state index contributed by atoms with van der Waals surface area (Å²) in [7, 11) is 0. The molecule has 2 rings (SSSR count). The van der Waals surface area contributed by atoms with Gasteiger partial charge in [0.2, 0.25) is 0 Å². The Labute approximate surface area is 99.6 Å².